The number of hydrogen-bond donors (Lipinski definition) is 1. The van der Waals surface area contributed by atoms with Gasteiger partial charge in [0.1, 0.15) is 0 Å². The summed E-state index contributed by atoms with van der Waals surface area (Å²) >= 11 is 11.7. The Labute approximate surface area is 126 Å². The summed E-state index contributed by atoms with van der Waals surface area (Å²) in [4.78, 5) is 10.5. The Morgan fingerprint density at radius 2 is 1.85 bits per heavy atom. The largest absolute Gasteiger partial charge is 0.483 e. The van der Waals surface area contributed by atoms with Gasteiger partial charge in [-0.1, -0.05) is 23.2 Å². The molecule has 0 aromatic heterocycles. The number of aliphatic hydroxyl groups is 1. The van der Waals surface area contributed by atoms with Crippen LogP contribution >= 0.6 is 23.2 Å². The predicted molar refractivity (Wildman–Crippen MR) is 76.6 cm³/mol. The molecule has 1 aliphatic carbocycles. The summed E-state index contributed by atoms with van der Waals surface area (Å²) < 4.78 is 5.71. The number of halogens is 2. The highest BCUT2D eigenvalue weighted by Gasteiger charge is 2.25. The molecule has 110 valence electrons. The van der Waals surface area contributed by atoms with Crippen LogP contribution in [0.4, 0.5) is 5.69 Å². The number of hydrogen-bond acceptors (Lipinski definition) is 4. The Hall–Kier alpha value is -1.04. The van der Waals surface area contributed by atoms with Gasteiger partial charge in [-0.05, 0) is 31.6 Å². The van der Waals surface area contributed by atoms with Crippen LogP contribution in [-0.4, -0.2) is 22.7 Å². The van der Waals surface area contributed by atoms with E-state index in [0.29, 0.717) is 5.92 Å². The van der Waals surface area contributed by atoms with Crippen molar-refractivity contribution in [2.24, 2.45) is 5.92 Å². The molecule has 1 fully saturated rings. The van der Waals surface area contributed by atoms with Crippen molar-refractivity contribution < 1.29 is 14.8 Å². The van der Waals surface area contributed by atoms with Gasteiger partial charge in [0.15, 0.2) is 5.75 Å². The Kier molecular flexibility index (Phi) is 5.07. The van der Waals surface area contributed by atoms with E-state index in [1.165, 1.54) is 12.1 Å². The molecule has 0 aliphatic heterocycles. The molecule has 0 amide bonds. The molecular formula is C13H15Cl2NO4. The highest BCUT2D eigenvalue weighted by Crippen LogP contribution is 2.37. The Balaban J connectivity index is 2.13. The average molecular weight is 320 g/mol. The van der Waals surface area contributed by atoms with Crippen molar-refractivity contribution in [1.29, 1.82) is 0 Å². The average Bonchev–Trinajstić information content (AvgIpc) is 2.43. The van der Waals surface area contributed by atoms with Crippen LogP contribution in [0, 0.1) is 16.0 Å². The van der Waals surface area contributed by atoms with Gasteiger partial charge in [0.25, 0.3) is 0 Å². The van der Waals surface area contributed by atoms with Crippen molar-refractivity contribution >= 4 is 28.9 Å². The van der Waals surface area contributed by atoms with Crippen LogP contribution in [0.2, 0.25) is 10.0 Å². The molecule has 1 aliphatic rings. The van der Waals surface area contributed by atoms with Crippen molar-refractivity contribution in [3.8, 4) is 5.75 Å². The number of rotatable bonds is 4. The second kappa shape index (κ2) is 6.61. The van der Waals surface area contributed by atoms with E-state index in [2.05, 4.69) is 0 Å². The lowest BCUT2D eigenvalue weighted by Crippen LogP contribution is -2.25. The fraction of sp³-hybridized carbons (Fsp3) is 0.538. The van der Waals surface area contributed by atoms with E-state index in [1.807, 2.05) is 0 Å². The van der Waals surface area contributed by atoms with Gasteiger partial charge >= 0.3 is 5.69 Å². The van der Waals surface area contributed by atoms with Crippen LogP contribution in [0.1, 0.15) is 25.7 Å². The minimum Gasteiger partial charge on any atom is -0.483 e. The molecular weight excluding hydrogens is 305 g/mol. The van der Waals surface area contributed by atoms with Crippen molar-refractivity contribution in [1.82, 2.24) is 0 Å². The van der Waals surface area contributed by atoms with E-state index >= 15 is 0 Å². The van der Waals surface area contributed by atoms with E-state index in [0.717, 1.165) is 25.7 Å². The number of nitrogens with zero attached hydrogens (tertiary/aromatic N) is 1. The van der Waals surface area contributed by atoms with Gasteiger partial charge in [-0.3, -0.25) is 10.1 Å². The van der Waals surface area contributed by atoms with Crippen molar-refractivity contribution in [2.45, 2.75) is 31.8 Å². The molecule has 1 aromatic rings. The van der Waals surface area contributed by atoms with Crippen LogP contribution in [0.15, 0.2) is 12.1 Å². The van der Waals surface area contributed by atoms with E-state index < -0.39 is 4.92 Å². The van der Waals surface area contributed by atoms with E-state index in [1.54, 1.807) is 0 Å². The SMILES string of the molecule is O=[N+]([O-])c1cc(Cl)c(Cl)cc1OC1CCC(CO)CC1. The second-order valence-corrected chi connectivity index (χ2v) is 5.75. The summed E-state index contributed by atoms with van der Waals surface area (Å²) in [5, 5.41) is 20.5. The highest BCUT2D eigenvalue weighted by atomic mass is 35.5. The zero-order chi connectivity index (χ0) is 14.7. The molecule has 1 aromatic carbocycles. The van der Waals surface area contributed by atoms with Gasteiger partial charge in [-0.2, -0.15) is 0 Å². The van der Waals surface area contributed by atoms with Crippen LogP contribution < -0.4 is 4.74 Å². The topological polar surface area (TPSA) is 72.6 Å². The molecule has 0 spiro atoms. The third-order valence-electron chi connectivity index (χ3n) is 3.54. The summed E-state index contributed by atoms with van der Waals surface area (Å²) in [7, 11) is 0. The fourth-order valence-corrected chi connectivity index (χ4v) is 2.68. The lowest BCUT2D eigenvalue weighted by molar-refractivity contribution is -0.386. The van der Waals surface area contributed by atoms with Crippen LogP contribution in [0.3, 0.4) is 0 Å². The molecule has 0 unspecified atom stereocenters. The Morgan fingerprint density at radius 3 is 2.40 bits per heavy atom. The fourth-order valence-electron chi connectivity index (χ4n) is 2.37. The van der Waals surface area contributed by atoms with E-state index in [-0.39, 0.29) is 34.2 Å². The number of benzene rings is 1. The maximum Gasteiger partial charge on any atom is 0.312 e. The zero-order valence-electron chi connectivity index (χ0n) is 10.7. The lowest BCUT2D eigenvalue weighted by atomic mass is 9.88. The third kappa shape index (κ3) is 3.53. The smallest absolute Gasteiger partial charge is 0.312 e. The first kappa shape index (κ1) is 15.4. The van der Waals surface area contributed by atoms with Crippen LogP contribution in [-0.2, 0) is 0 Å². The molecule has 0 heterocycles. The summed E-state index contributed by atoms with van der Waals surface area (Å²) in [5.74, 6) is 0.454. The molecule has 1 saturated carbocycles. The number of nitro benzene ring substituents is 1. The zero-order valence-corrected chi connectivity index (χ0v) is 12.2. The molecule has 0 radical (unpaired) electrons. The van der Waals surface area contributed by atoms with E-state index in [4.69, 9.17) is 33.0 Å². The second-order valence-electron chi connectivity index (χ2n) is 4.93. The number of nitro groups is 1. The van der Waals surface area contributed by atoms with Crippen molar-refractivity contribution in [3.05, 3.63) is 32.3 Å². The van der Waals surface area contributed by atoms with Gasteiger partial charge in [0.2, 0.25) is 0 Å². The monoisotopic (exact) mass is 319 g/mol. The lowest BCUT2D eigenvalue weighted by Gasteiger charge is -2.27. The molecule has 0 saturated heterocycles. The van der Waals surface area contributed by atoms with Gasteiger partial charge in [0.05, 0.1) is 21.1 Å². The van der Waals surface area contributed by atoms with Gasteiger partial charge in [-0.25, -0.2) is 0 Å². The minimum atomic E-state index is -0.531. The first-order valence-corrected chi connectivity index (χ1v) is 7.17. The highest BCUT2D eigenvalue weighted by molar-refractivity contribution is 6.42. The van der Waals surface area contributed by atoms with Crippen molar-refractivity contribution in [3.63, 3.8) is 0 Å². The first-order chi connectivity index (χ1) is 9.51. The summed E-state index contributed by atoms with van der Waals surface area (Å²) in [5.41, 5.74) is -0.177. The summed E-state index contributed by atoms with van der Waals surface area (Å²) in [6, 6.07) is 2.60. The normalized spacial score (nSPS) is 22.6. The van der Waals surface area contributed by atoms with E-state index in [9.17, 15) is 10.1 Å². The third-order valence-corrected chi connectivity index (χ3v) is 4.27. The summed E-state index contributed by atoms with van der Waals surface area (Å²) in [6.07, 6.45) is 3.16. The molecule has 0 bridgehead atoms. The first-order valence-electron chi connectivity index (χ1n) is 6.42. The molecule has 2 rings (SSSR count). The number of aliphatic hydroxyl groups excluding tert-OH is 1. The molecule has 0 atom stereocenters. The Morgan fingerprint density at radius 1 is 1.25 bits per heavy atom. The molecule has 7 heteroatoms. The molecule has 1 N–H and O–H groups in total. The molecule has 5 nitrogen and oxygen atoms in total. The standard InChI is InChI=1S/C13H15Cl2NO4/c14-10-5-12(16(18)19)13(6-11(10)15)20-9-3-1-8(7-17)2-4-9/h5-6,8-9,17H,1-4,7H2. The van der Waals surface area contributed by atoms with Crippen molar-refractivity contribution in [2.75, 3.05) is 6.61 Å². The Bertz CT molecular complexity index is 501. The molecule has 20 heavy (non-hydrogen) atoms. The van der Waals surface area contributed by atoms with Gasteiger partial charge in [-0.15, -0.1) is 0 Å². The summed E-state index contributed by atoms with van der Waals surface area (Å²) in [6.45, 7) is 0.180. The maximum absolute atomic E-state index is 11.0. The maximum atomic E-state index is 11.0. The minimum absolute atomic E-state index is 0.0891. The van der Waals surface area contributed by atoms with Crippen LogP contribution in [0.5, 0.6) is 5.75 Å². The van der Waals surface area contributed by atoms with Gasteiger partial charge in [0, 0.05) is 18.7 Å². The predicted octanol–water partition coefficient (Wildman–Crippen LogP) is 3.83. The van der Waals surface area contributed by atoms with Gasteiger partial charge < -0.3 is 9.84 Å². The van der Waals surface area contributed by atoms with Crippen LogP contribution in [0.25, 0.3) is 0 Å². The quantitative estimate of drug-likeness (QED) is 0.676. The number of ether oxygens (including phenoxy) is 1.